The zero-order chi connectivity index (χ0) is 78.7. The molecule has 582 valence electrons. The number of carbonyl (C=O) groups excluding carboxylic acids is 14. The predicted octanol–water partition coefficient (Wildman–Crippen LogP) is -7.38. The third kappa shape index (κ3) is 33.0. The number of amides is 14. The van der Waals surface area contributed by atoms with Crippen LogP contribution in [-0.4, -0.2) is 242 Å². The smallest absolute Gasteiger partial charge is 0.322 e. The van der Waals surface area contributed by atoms with Crippen LogP contribution in [0.25, 0.3) is 0 Å². The molecule has 0 spiro atoms. The number of carboxylic acids is 3. The zero-order valence-corrected chi connectivity index (χ0v) is 59.8. The predicted molar refractivity (Wildman–Crippen MR) is 369 cm³/mol. The van der Waals surface area contributed by atoms with Gasteiger partial charge in [-0.3, -0.25) is 86.5 Å². The van der Waals surface area contributed by atoms with E-state index in [0.29, 0.717) is 12.1 Å². The number of likely N-dealkylation sites (tertiary alicyclic amines) is 1. The van der Waals surface area contributed by atoms with E-state index in [0.717, 1.165) is 4.90 Å². The fourth-order valence-corrected chi connectivity index (χ4v) is 10.5. The Balaban J connectivity index is 2.36. The molecule has 0 aromatic carbocycles. The van der Waals surface area contributed by atoms with Crippen LogP contribution in [0.2, 0.25) is 0 Å². The Morgan fingerprint density at radius 1 is 0.548 bits per heavy atom. The summed E-state index contributed by atoms with van der Waals surface area (Å²) in [5, 5.41) is 57.8. The number of aromatic nitrogens is 2. The lowest BCUT2D eigenvalue weighted by molar-refractivity contribution is -0.143. The maximum absolute atomic E-state index is 14.4. The Labute approximate surface area is 600 Å². The molecule has 1 aromatic rings. The number of hydrogen-bond donors (Lipinski definition) is 21. The molecule has 0 saturated carbocycles. The highest BCUT2D eigenvalue weighted by molar-refractivity contribution is 6.00. The number of carbonyl (C=O) groups is 17. The Hall–Kier alpha value is -10.6. The number of aliphatic imine (C=N–C) groups is 1. The number of carboxylic acid groups (broad SMARTS) is 3. The molecule has 2 rings (SSSR count). The minimum Gasteiger partial charge on any atom is -0.481 e. The van der Waals surface area contributed by atoms with Crippen LogP contribution in [0.3, 0.4) is 0 Å². The fraction of sp³-hybridized carbons (Fsp3) is 0.667. The number of hydrogen-bond acceptors (Lipinski definition) is 21. The van der Waals surface area contributed by atoms with Gasteiger partial charge < -0.3 is 118 Å². The standard InChI is InChI=1S/C63H105N21O20/c1-30(2)23-40(53(95)72-28-48(91)92)80-58(100)41(24-35-26-69-29-73-35)79-52(94)34(8)74-55(97)37(14-11-21-70-63(67)68)77-59(101)43-15-12-22-84(43)62(104)39(17-19-46(87)88)75-45(86)27-71-54(96)42(25-47(89)90)81-61(103)50(32(5)6)83-57(99)36(13-9-10-20-64)76-56(98)38(16-18-44(66)85)78-60(102)49(31(3)4)82-51(93)33(7)65/h26,29-34,36-43,49-50H,9-25,27-28,64-65H2,1-8H3,(H2,66,85)(H,69,73)(H,71,96)(H,72,95)(H,74,97)(H,75,86)(H,76,98)(H,77,101)(H,78,102)(H,79,94)(H,80,100)(H,81,103)(H,82,93)(H,83,99)(H,87,88)(H,89,90)(H,91,92)(H4,67,68,70)/t33-,34-,36-,37-,38-,39-,40-,41-,42-,43-,49-,50-/m0/s1. The van der Waals surface area contributed by atoms with Crippen LogP contribution < -0.4 is 92.5 Å². The summed E-state index contributed by atoms with van der Waals surface area (Å²) in [6.07, 6.45) is -0.0305. The second-order valence-corrected chi connectivity index (χ2v) is 26.2. The minimum atomic E-state index is -1.95. The van der Waals surface area contributed by atoms with Crippen molar-refractivity contribution in [2.24, 2.45) is 51.4 Å². The van der Waals surface area contributed by atoms with Gasteiger partial charge in [0.1, 0.15) is 73.0 Å². The number of rotatable bonds is 48. The van der Waals surface area contributed by atoms with Gasteiger partial charge in [0.15, 0.2) is 5.96 Å². The summed E-state index contributed by atoms with van der Waals surface area (Å²) in [7, 11) is 0. The van der Waals surface area contributed by atoms with Crippen molar-refractivity contribution < 1.29 is 96.8 Å². The highest BCUT2D eigenvalue weighted by Gasteiger charge is 2.41. The number of nitrogens with two attached hydrogens (primary N) is 5. The van der Waals surface area contributed by atoms with Gasteiger partial charge in [0.05, 0.1) is 25.3 Å². The van der Waals surface area contributed by atoms with Crippen LogP contribution in [0, 0.1) is 17.8 Å². The summed E-state index contributed by atoms with van der Waals surface area (Å²) in [5.41, 5.74) is 28.1. The zero-order valence-electron chi connectivity index (χ0n) is 59.8. The van der Waals surface area contributed by atoms with Gasteiger partial charge in [-0.05, 0) is 102 Å². The van der Waals surface area contributed by atoms with E-state index in [1.54, 1.807) is 27.7 Å². The third-order valence-electron chi connectivity index (χ3n) is 16.0. The fourth-order valence-electron chi connectivity index (χ4n) is 10.5. The number of aromatic amines is 1. The van der Waals surface area contributed by atoms with Gasteiger partial charge in [0, 0.05) is 44.2 Å². The minimum absolute atomic E-state index is 0.0166. The lowest BCUT2D eigenvalue weighted by Crippen LogP contribution is -2.61. The van der Waals surface area contributed by atoms with Crippen molar-refractivity contribution in [2.45, 2.75) is 218 Å². The molecule has 0 radical (unpaired) electrons. The highest BCUT2D eigenvalue weighted by Crippen LogP contribution is 2.21. The Morgan fingerprint density at radius 2 is 1.07 bits per heavy atom. The largest absolute Gasteiger partial charge is 0.481 e. The maximum Gasteiger partial charge on any atom is 0.322 e. The number of nitrogens with one attached hydrogen (secondary N) is 13. The number of imidazole rings is 1. The van der Waals surface area contributed by atoms with Crippen molar-refractivity contribution >= 4 is 107 Å². The summed E-state index contributed by atoms with van der Waals surface area (Å²) in [6.45, 7) is 10.6. The first-order valence-corrected chi connectivity index (χ1v) is 34.1. The molecule has 2 heterocycles. The molecule has 14 amide bonds. The molecular weight excluding hydrogens is 1370 g/mol. The second-order valence-electron chi connectivity index (χ2n) is 26.2. The highest BCUT2D eigenvalue weighted by atomic mass is 16.4. The van der Waals surface area contributed by atoms with Gasteiger partial charge in [-0.15, -0.1) is 0 Å². The molecule has 0 bridgehead atoms. The lowest BCUT2D eigenvalue weighted by atomic mass is 10.00. The van der Waals surface area contributed by atoms with Crippen LogP contribution in [-0.2, 0) is 87.9 Å². The van der Waals surface area contributed by atoms with Crippen molar-refractivity contribution in [2.75, 3.05) is 32.7 Å². The molecule has 41 nitrogen and oxygen atoms in total. The van der Waals surface area contributed by atoms with Crippen molar-refractivity contribution in [3.05, 3.63) is 18.2 Å². The van der Waals surface area contributed by atoms with Crippen LogP contribution in [0.15, 0.2) is 17.5 Å². The van der Waals surface area contributed by atoms with Crippen molar-refractivity contribution in [3.8, 4) is 0 Å². The van der Waals surface area contributed by atoms with E-state index in [1.165, 1.54) is 40.2 Å². The summed E-state index contributed by atoms with van der Waals surface area (Å²) in [5.74, 6) is -19.3. The Morgan fingerprint density at radius 3 is 1.62 bits per heavy atom. The molecule has 1 aliphatic heterocycles. The van der Waals surface area contributed by atoms with Crippen LogP contribution in [0.1, 0.15) is 145 Å². The molecule has 104 heavy (non-hydrogen) atoms. The van der Waals surface area contributed by atoms with Gasteiger partial charge in [-0.25, -0.2) is 4.98 Å². The normalized spacial score (nSPS) is 15.7. The van der Waals surface area contributed by atoms with E-state index in [1.807, 2.05) is 0 Å². The molecule has 1 aromatic heterocycles. The van der Waals surface area contributed by atoms with E-state index < -0.39 is 224 Å². The molecule has 0 aliphatic carbocycles. The van der Waals surface area contributed by atoms with E-state index in [-0.39, 0.29) is 89.3 Å². The first kappa shape index (κ1) is 89.5. The SMILES string of the molecule is CC(C)C[C@H](NC(=O)[C@H](Cc1cnc[nH]1)NC(=O)[C@H](C)NC(=O)[C@H](CCCN=C(N)N)NC(=O)[C@@H]1CCCN1C(=O)[C@H](CCC(=O)O)NC(=O)CNC(=O)[C@H](CC(=O)O)NC(=O)[C@@H](NC(=O)[C@H](CCCCN)NC(=O)[C@H](CCC(N)=O)NC(=O)[C@@H](NC(=O)[C@H](C)N)C(C)C)C(C)C)C(=O)NCC(=O)O. The van der Waals surface area contributed by atoms with E-state index >= 15 is 0 Å². The number of nitrogens with zero attached hydrogens (tertiary/aromatic N) is 3. The lowest BCUT2D eigenvalue weighted by Gasteiger charge is -2.30. The summed E-state index contributed by atoms with van der Waals surface area (Å²) < 4.78 is 0. The Kier molecular flexibility index (Phi) is 39.0. The number of H-pyrrole nitrogens is 1. The van der Waals surface area contributed by atoms with E-state index in [4.69, 9.17) is 33.8 Å². The van der Waals surface area contributed by atoms with Crippen molar-refractivity contribution in [1.29, 1.82) is 0 Å². The molecular formula is C63H105N21O20. The van der Waals surface area contributed by atoms with Gasteiger partial charge in [-0.2, -0.15) is 0 Å². The molecule has 12 atom stereocenters. The number of guanidine groups is 1. The number of primary amides is 1. The number of aliphatic carboxylic acids is 3. The molecule has 41 heteroatoms. The monoisotopic (exact) mass is 1480 g/mol. The van der Waals surface area contributed by atoms with Crippen LogP contribution in [0.4, 0.5) is 0 Å². The van der Waals surface area contributed by atoms with Gasteiger partial charge >= 0.3 is 17.9 Å². The molecule has 1 saturated heterocycles. The second kappa shape index (κ2) is 45.4. The van der Waals surface area contributed by atoms with E-state index in [2.05, 4.69) is 78.8 Å². The molecule has 1 aliphatic rings. The molecule has 26 N–H and O–H groups in total. The van der Waals surface area contributed by atoms with E-state index in [9.17, 15) is 91.7 Å². The van der Waals surface area contributed by atoms with Crippen molar-refractivity contribution in [3.63, 3.8) is 0 Å². The first-order valence-electron chi connectivity index (χ1n) is 34.1. The Bertz CT molecular complexity index is 3180. The maximum atomic E-state index is 14.4. The summed E-state index contributed by atoms with van der Waals surface area (Å²) >= 11 is 0. The summed E-state index contributed by atoms with van der Waals surface area (Å²) in [6, 6.07) is -17.2. The van der Waals surface area contributed by atoms with Crippen molar-refractivity contribution in [1.82, 2.24) is 78.7 Å². The van der Waals surface area contributed by atoms with Crippen LogP contribution >= 0.6 is 0 Å². The molecule has 1 fully saturated rings. The van der Waals surface area contributed by atoms with Gasteiger partial charge in [-0.1, -0.05) is 41.5 Å². The average Bonchev–Trinajstić information content (AvgIpc) is 1.64. The van der Waals surface area contributed by atoms with Gasteiger partial charge in [0.2, 0.25) is 82.7 Å². The number of unbranched alkanes of at least 4 members (excludes halogenated alkanes) is 1. The third-order valence-corrected chi connectivity index (χ3v) is 16.0. The quantitative estimate of drug-likeness (QED) is 0.0164. The summed E-state index contributed by atoms with van der Waals surface area (Å²) in [4.78, 5) is 238. The topological polar surface area (TPSA) is 670 Å². The first-order chi connectivity index (χ1) is 48.8. The molecule has 0 unspecified atom stereocenters. The van der Waals surface area contributed by atoms with Gasteiger partial charge in [0.25, 0.3) is 0 Å². The van der Waals surface area contributed by atoms with Crippen LogP contribution in [0.5, 0.6) is 0 Å². The average molecular weight is 1480 g/mol.